The Balaban J connectivity index is 1.86. The summed E-state index contributed by atoms with van der Waals surface area (Å²) in [5.74, 6) is 2.86. The standard InChI is InChI=1S/C18H36N2/c1-4-10-19-18-8-7-15(5-2)12-17(18)14-20-11-9-16(6-3)13-20/h15-19H,4-14H2,1-3H3. The fourth-order valence-electron chi connectivity index (χ4n) is 4.28. The van der Waals surface area contributed by atoms with Gasteiger partial charge in [-0.3, -0.25) is 0 Å². The Morgan fingerprint density at radius 2 is 1.80 bits per heavy atom. The molecule has 0 aromatic carbocycles. The van der Waals surface area contributed by atoms with Gasteiger partial charge in [0.25, 0.3) is 0 Å². The summed E-state index contributed by atoms with van der Waals surface area (Å²) < 4.78 is 0. The first kappa shape index (κ1) is 16.3. The number of likely N-dealkylation sites (tertiary alicyclic amines) is 1. The van der Waals surface area contributed by atoms with Gasteiger partial charge in [0.05, 0.1) is 0 Å². The van der Waals surface area contributed by atoms with Gasteiger partial charge in [-0.2, -0.15) is 0 Å². The maximum Gasteiger partial charge on any atom is 0.0108 e. The molecule has 0 amide bonds. The molecule has 4 atom stereocenters. The van der Waals surface area contributed by atoms with Crippen LogP contribution >= 0.6 is 0 Å². The van der Waals surface area contributed by atoms with E-state index in [0.29, 0.717) is 0 Å². The summed E-state index contributed by atoms with van der Waals surface area (Å²) in [5.41, 5.74) is 0. The van der Waals surface area contributed by atoms with Crippen molar-refractivity contribution < 1.29 is 0 Å². The molecule has 0 aromatic heterocycles. The van der Waals surface area contributed by atoms with E-state index in [1.54, 1.807) is 0 Å². The first-order chi connectivity index (χ1) is 9.76. The lowest BCUT2D eigenvalue weighted by molar-refractivity contribution is 0.149. The highest BCUT2D eigenvalue weighted by Crippen LogP contribution is 2.33. The van der Waals surface area contributed by atoms with E-state index in [0.717, 1.165) is 23.8 Å². The second kappa shape index (κ2) is 8.38. The van der Waals surface area contributed by atoms with E-state index in [1.807, 2.05) is 0 Å². The molecule has 118 valence electrons. The summed E-state index contributed by atoms with van der Waals surface area (Å²) >= 11 is 0. The number of rotatable bonds is 7. The Morgan fingerprint density at radius 1 is 1.00 bits per heavy atom. The highest BCUT2D eigenvalue weighted by Gasteiger charge is 2.32. The van der Waals surface area contributed by atoms with E-state index in [2.05, 4.69) is 31.0 Å². The number of nitrogens with zero attached hydrogens (tertiary/aromatic N) is 1. The molecule has 20 heavy (non-hydrogen) atoms. The minimum atomic E-state index is 0.790. The molecular weight excluding hydrogens is 244 g/mol. The molecule has 1 saturated heterocycles. The van der Waals surface area contributed by atoms with Crippen molar-refractivity contribution in [2.75, 3.05) is 26.2 Å². The van der Waals surface area contributed by atoms with Crippen LogP contribution in [0.25, 0.3) is 0 Å². The lowest BCUT2D eigenvalue weighted by Crippen LogP contribution is -2.45. The summed E-state index contributed by atoms with van der Waals surface area (Å²) in [7, 11) is 0. The van der Waals surface area contributed by atoms with Crippen molar-refractivity contribution in [1.29, 1.82) is 0 Å². The zero-order valence-electron chi connectivity index (χ0n) is 14.0. The van der Waals surface area contributed by atoms with Crippen molar-refractivity contribution in [1.82, 2.24) is 10.2 Å². The van der Waals surface area contributed by atoms with E-state index in [9.17, 15) is 0 Å². The summed E-state index contributed by atoms with van der Waals surface area (Å²) in [6.45, 7) is 12.3. The van der Waals surface area contributed by atoms with Gasteiger partial charge in [0.1, 0.15) is 0 Å². The normalized spacial score (nSPS) is 35.5. The van der Waals surface area contributed by atoms with Gasteiger partial charge >= 0.3 is 0 Å². The predicted molar refractivity (Wildman–Crippen MR) is 88.0 cm³/mol. The van der Waals surface area contributed by atoms with Gasteiger partial charge in [-0.25, -0.2) is 0 Å². The van der Waals surface area contributed by atoms with Crippen molar-refractivity contribution in [3.05, 3.63) is 0 Å². The summed E-state index contributed by atoms with van der Waals surface area (Å²) in [5, 5.41) is 3.84. The fourth-order valence-corrected chi connectivity index (χ4v) is 4.28. The molecule has 2 heteroatoms. The Hall–Kier alpha value is -0.0800. The van der Waals surface area contributed by atoms with E-state index in [4.69, 9.17) is 0 Å². The predicted octanol–water partition coefficient (Wildman–Crippen LogP) is 3.91. The van der Waals surface area contributed by atoms with E-state index in [-0.39, 0.29) is 0 Å². The average molecular weight is 280 g/mol. The molecule has 2 nitrogen and oxygen atoms in total. The Bertz CT molecular complexity index is 266. The Morgan fingerprint density at radius 3 is 2.45 bits per heavy atom. The minimum absolute atomic E-state index is 0.790. The molecule has 0 aromatic rings. The zero-order valence-corrected chi connectivity index (χ0v) is 14.0. The number of nitrogens with one attached hydrogen (secondary N) is 1. The van der Waals surface area contributed by atoms with Crippen LogP contribution in [0.15, 0.2) is 0 Å². The van der Waals surface area contributed by atoms with Crippen molar-refractivity contribution in [2.45, 2.75) is 71.8 Å². The van der Waals surface area contributed by atoms with Crippen LogP contribution in [0.3, 0.4) is 0 Å². The van der Waals surface area contributed by atoms with Gasteiger partial charge in [0.2, 0.25) is 0 Å². The highest BCUT2D eigenvalue weighted by molar-refractivity contribution is 4.88. The Labute approximate surface area is 126 Å². The fraction of sp³-hybridized carbons (Fsp3) is 1.00. The molecule has 1 N–H and O–H groups in total. The average Bonchev–Trinajstić information content (AvgIpc) is 2.93. The van der Waals surface area contributed by atoms with Gasteiger partial charge in [-0.1, -0.05) is 33.6 Å². The van der Waals surface area contributed by atoms with Crippen LogP contribution < -0.4 is 5.32 Å². The molecule has 1 aliphatic carbocycles. The monoisotopic (exact) mass is 280 g/mol. The van der Waals surface area contributed by atoms with Crippen molar-refractivity contribution in [2.24, 2.45) is 17.8 Å². The SMILES string of the molecule is CCCNC1CCC(CC)CC1CN1CCC(CC)C1. The second-order valence-electron chi connectivity index (χ2n) is 7.23. The van der Waals surface area contributed by atoms with Crippen molar-refractivity contribution in [3.8, 4) is 0 Å². The third-order valence-electron chi connectivity index (χ3n) is 5.76. The largest absolute Gasteiger partial charge is 0.314 e. The lowest BCUT2D eigenvalue weighted by atomic mass is 9.76. The van der Waals surface area contributed by atoms with Crippen LogP contribution in [0.4, 0.5) is 0 Å². The van der Waals surface area contributed by atoms with E-state index in [1.165, 1.54) is 71.1 Å². The molecule has 0 radical (unpaired) electrons. The smallest absolute Gasteiger partial charge is 0.0108 e. The molecule has 2 fully saturated rings. The zero-order chi connectivity index (χ0) is 14.4. The lowest BCUT2D eigenvalue weighted by Gasteiger charge is -2.38. The first-order valence-electron chi connectivity index (χ1n) is 9.22. The van der Waals surface area contributed by atoms with Crippen molar-refractivity contribution in [3.63, 3.8) is 0 Å². The van der Waals surface area contributed by atoms with Crippen LogP contribution in [-0.2, 0) is 0 Å². The van der Waals surface area contributed by atoms with Crippen LogP contribution in [-0.4, -0.2) is 37.1 Å². The topological polar surface area (TPSA) is 15.3 Å². The van der Waals surface area contributed by atoms with Gasteiger partial charge in [-0.05, 0) is 62.9 Å². The summed E-state index contributed by atoms with van der Waals surface area (Å²) in [6.07, 6.45) is 9.78. The molecule has 2 rings (SSSR count). The van der Waals surface area contributed by atoms with Crippen LogP contribution in [0.1, 0.15) is 65.7 Å². The van der Waals surface area contributed by atoms with E-state index >= 15 is 0 Å². The molecule has 1 aliphatic heterocycles. The third kappa shape index (κ3) is 4.46. The molecule has 4 unspecified atom stereocenters. The molecule has 2 aliphatic rings. The summed E-state index contributed by atoms with van der Waals surface area (Å²) in [4.78, 5) is 2.76. The maximum atomic E-state index is 3.84. The second-order valence-corrected chi connectivity index (χ2v) is 7.23. The van der Waals surface area contributed by atoms with Crippen LogP contribution in [0, 0.1) is 17.8 Å². The van der Waals surface area contributed by atoms with Gasteiger partial charge < -0.3 is 10.2 Å². The van der Waals surface area contributed by atoms with Crippen LogP contribution in [0.5, 0.6) is 0 Å². The van der Waals surface area contributed by atoms with E-state index < -0.39 is 0 Å². The molecular formula is C18H36N2. The minimum Gasteiger partial charge on any atom is -0.314 e. The molecule has 1 heterocycles. The third-order valence-corrected chi connectivity index (χ3v) is 5.76. The first-order valence-corrected chi connectivity index (χ1v) is 9.22. The molecule has 0 bridgehead atoms. The van der Waals surface area contributed by atoms with Gasteiger partial charge in [0, 0.05) is 19.1 Å². The molecule has 1 saturated carbocycles. The molecule has 0 spiro atoms. The van der Waals surface area contributed by atoms with Crippen molar-refractivity contribution >= 4 is 0 Å². The van der Waals surface area contributed by atoms with Gasteiger partial charge in [-0.15, -0.1) is 0 Å². The van der Waals surface area contributed by atoms with Crippen LogP contribution in [0.2, 0.25) is 0 Å². The highest BCUT2D eigenvalue weighted by atomic mass is 15.2. The maximum absolute atomic E-state index is 3.84. The van der Waals surface area contributed by atoms with Gasteiger partial charge in [0.15, 0.2) is 0 Å². The quantitative estimate of drug-likeness (QED) is 0.760. The number of hydrogen-bond donors (Lipinski definition) is 1. The number of hydrogen-bond acceptors (Lipinski definition) is 2. The Kier molecular flexibility index (Phi) is 6.83. The summed E-state index contributed by atoms with van der Waals surface area (Å²) in [6, 6.07) is 0.790.